The minimum absolute atomic E-state index is 0.145. The van der Waals surface area contributed by atoms with Gasteiger partial charge in [-0.15, -0.1) is 10.2 Å². The van der Waals surface area contributed by atoms with Gasteiger partial charge < -0.3 is 9.15 Å². The van der Waals surface area contributed by atoms with Gasteiger partial charge >= 0.3 is 0 Å². The van der Waals surface area contributed by atoms with Crippen LogP contribution in [0.3, 0.4) is 0 Å². The molecular formula is C12H21N3O4S. The summed E-state index contributed by atoms with van der Waals surface area (Å²) in [5.41, 5.74) is 0. The van der Waals surface area contributed by atoms with E-state index in [0.29, 0.717) is 24.9 Å². The lowest BCUT2D eigenvalue weighted by molar-refractivity contribution is -0.0177. The van der Waals surface area contributed by atoms with Crippen molar-refractivity contribution in [3.63, 3.8) is 0 Å². The second kappa shape index (κ2) is 6.19. The molecule has 2 heterocycles. The van der Waals surface area contributed by atoms with Gasteiger partial charge in [0.05, 0.1) is 12.4 Å². The Morgan fingerprint density at radius 1 is 1.45 bits per heavy atom. The molecule has 2 rings (SSSR count). The van der Waals surface area contributed by atoms with Gasteiger partial charge in [-0.05, 0) is 5.92 Å². The zero-order chi connectivity index (χ0) is 14.8. The number of sulfonamides is 1. The van der Waals surface area contributed by atoms with Crippen molar-refractivity contribution in [3.8, 4) is 0 Å². The van der Waals surface area contributed by atoms with E-state index < -0.39 is 16.1 Å². The third-order valence-corrected chi connectivity index (χ3v) is 5.54. The third-order valence-electron chi connectivity index (χ3n) is 3.43. The molecule has 0 N–H and O–H groups in total. The van der Waals surface area contributed by atoms with E-state index in [0.717, 1.165) is 6.42 Å². The van der Waals surface area contributed by atoms with Gasteiger partial charge in [0.15, 0.2) is 0 Å². The van der Waals surface area contributed by atoms with Crippen LogP contribution in [0.4, 0.5) is 0 Å². The number of nitrogens with zero attached hydrogens (tertiary/aromatic N) is 3. The average molecular weight is 303 g/mol. The second-order valence-electron chi connectivity index (χ2n) is 5.17. The van der Waals surface area contributed by atoms with Crippen LogP contribution in [0.15, 0.2) is 4.42 Å². The molecule has 0 bridgehead atoms. The van der Waals surface area contributed by atoms with E-state index in [4.69, 9.17) is 9.15 Å². The Bertz CT molecular complexity index is 543. The van der Waals surface area contributed by atoms with E-state index in [9.17, 15) is 8.42 Å². The molecule has 0 spiro atoms. The molecule has 1 aromatic rings. The minimum Gasteiger partial charge on any atom is -0.423 e. The van der Waals surface area contributed by atoms with Gasteiger partial charge in [-0.2, -0.15) is 4.31 Å². The SMILES string of the molecule is CC[C@@H](C)CS(=O)(=O)N1CCO[C@H](c2nnc(C)o2)C1. The van der Waals surface area contributed by atoms with Crippen molar-refractivity contribution in [3.05, 3.63) is 11.8 Å². The van der Waals surface area contributed by atoms with Crippen molar-refractivity contribution < 1.29 is 17.6 Å². The van der Waals surface area contributed by atoms with Crippen molar-refractivity contribution in [1.29, 1.82) is 0 Å². The minimum atomic E-state index is -3.27. The second-order valence-corrected chi connectivity index (χ2v) is 7.18. The van der Waals surface area contributed by atoms with E-state index in [1.807, 2.05) is 13.8 Å². The fraction of sp³-hybridized carbons (Fsp3) is 0.833. The van der Waals surface area contributed by atoms with Gasteiger partial charge in [0.25, 0.3) is 0 Å². The summed E-state index contributed by atoms with van der Waals surface area (Å²) in [6, 6.07) is 0. The summed E-state index contributed by atoms with van der Waals surface area (Å²) in [7, 11) is -3.27. The van der Waals surface area contributed by atoms with Crippen LogP contribution in [0.5, 0.6) is 0 Å². The number of hydrogen-bond acceptors (Lipinski definition) is 6. The Hall–Kier alpha value is -0.990. The molecule has 0 saturated carbocycles. The molecule has 1 saturated heterocycles. The molecule has 114 valence electrons. The number of morpholine rings is 1. The summed E-state index contributed by atoms with van der Waals surface area (Å²) in [5, 5.41) is 7.65. The lowest BCUT2D eigenvalue weighted by Gasteiger charge is -2.31. The van der Waals surface area contributed by atoms with Crippen molar-refractivity contribution in [2.24, 2.45) is 5.92 Å². The molecular weight excluding hydrogens is 282 g/mol. The zero-order valence-corrected chi connectivity index (χ0v) is 12.9. The lowest BCUT2D eigenvalue weighted by atomic mass is 10.2. The first-order chi connectivity index (χ1) is 9.42. The molecule has 0 aromatic carbocycles. The molecule has 2 atom stereocenters. The summed E-state index contributed by atoms with van der Waals surface area (Å²) in [5.74, 6) is 1.10. The standard InChI is InChI=1S/C12H21N3O4S/c1-4-9(2)8-20(16,17)15-5-6-18-11(7-15)12-14-13-10(3)19-12/h9,11H,4-8H2,1-3H3/t9-,11+/m1/s1. The van der Waals surface area contributed by atoms with Crippen LogP contribution < -0.4 is 0 Å². The first-order valence-electron chi connectivity index (χ1n) is 6.81. The molecule has 20 heavy (non-hydrogen) atoms. The highest BCUT2D eigenvalue weighted by Gasteiger charge is 2.33. The molecule has 0 aliphatic carbocycles. The summed E-state index contributed by atoms with van der Waals surface area (Å²) in [6.45, 7) is 6.58. The van der Waals surface area contributed by atoms with Crippen molar-refractivity contribution >= 4 is 10.0 Å². The summed E-state index contributed by atoms with van der Waals surface area (Å²) >= 11 is 0. The zero-order valence-electron chi connectivity index (χ0n) is 12.1. The summed E-state index contributed by atoms with van der Waals surface area (Å²) in [6.07, 6.45) is 0.368. The van der Waals surface area contributed by atoms with Crippen LogP contribution in [-0.4, -0.2) is 48.4 Å². The predicted molar refractivity (Wildman–Crippen MR) is 72.5 cm³/mol. The summed E-state index contributed by atoms with van der Waals surface area (Å²) < 4.78 is 37.0. The van der Waals surface area contributed by atoms with Crippen molar-refractivity contribution in [2.75, 3.05) is 25.4 Å². The molecule has 0 amide bonds. The largest absolute Gasteiger partial charge is 0.423 e. The summed E-state index contributed by atoms with van der Waals surface area (Å²) in [4.78, 5) is 0. The first-order valence-corrected chi connectivity index (χ1v) is 8.42. The highest BCUT2D eigenvalue weighted by molar-refractivity contribution is 7.89. The Balaban J connectivity index is 2.06. The number of ether oxygens (including phenoxy) is 1. The van der Waals surface area contributed by atoms with E-state index in [1.54, 1.807) is 6.92 Å². The Morgan fingerprint density at radius 3 is 2.80 bits per heavy atom. The number of aryl methyl sites for hydroxylation is 1. The number of rotatable bonds is 5. The molecule has 7 nitrogen and oxygen atoms in total. The third kappa shape index (κ3) is 3.56. The molecule has 1 fully saturated rings. The maximum absolute atomic E-state index is 12.3. The lowest BCUT2D eigenvalue weighted by Crippen LogP contribution is -2.44. The normalized spacial score (nSPS) is 22.9. The highest BCUT2D eigenvalue weighted by Crippen LogP contribution is 2.23. The van der Waals surface area contributed by atoms with Gasteiger partial charge in [0.1, 0.15) is 6.10 Å². The Labute approximate surface area is 119 Å². The van der Waals surface area contributed by atoms with Gasteiger partial charge in [-0.25, -0.2) is 8.42 Å². The van der Waals surface area contributed by atoms with Crippen LogP contribution in [0.2, 0.25) is 0 Å². The topological polar surface area (TPSA) is 85.5 Å². The van der Waals surface area contributed by atoms with Crippen LogP contribution in [0.25, 0.3) is 0 Å². The van der Waals surface area contributed by atoms with Crippen molar-refractivity contribution in [1.82, 2.24) is 14.5 Å². The monoisotopic (exact) mass is 303 g/mol. The molecule has 1 aromatic heterocycles. The number of hydrogen-bond donors (Lipinski definition) is 0. The maximum atomic E-state index is 12.3. The van der Waals surface area contributed by atoms with Crippen LogP contribution in [0, 0.1) is 12.8 Å². The van der Waals surface area contributed by atoms with Crippen molar-refractivity contribution in [2.45, 2.75) is 33.3 Å². The molecule has 0 unspecified atom stereocenters. The highest BCUT2D eigenvalue weighted by atomic mass is 32.2. The quantitative estimate of drug-likeness (QED) is 0.810. The van der Waals surface area contributed by atoms with E-state index in [1.165, 1.54) is 4.31 Å². The van der Waals surface area contributed by atoms with E-state index in [2.05, 4.69) is 10.2 Å². The first kappa shape index (κ1) is 15.4. The van der Waals surface area contributed by atoms with Gasteiger partial charge in [-0.3, -0.25) is 0 Å². The fourth-order valence-electron chi connectivity index (χ4n) is 2.05. The molecule has 8 heteroatoms. The van der Waals surface area contributed by atoms with Crippen LogP contribution >= 0.6 is 0 Å². The van der Waals surface area contributed by atoms with Crippen LogP contribution in [0.1, 0.15) is 38.2 Å². The van der Waals surface area contributed by atoms with Gasteiger partial charge in [0.2, 0.25) is 21.8 Å². The predicted octanol–water partition coefficient (Wildman–Crippen LogP) is 1.13. The molecule has 0 radical (unpaired) electrons. The van der Waals surface area contributed by atoms with E-state index >= 15 is 0 Å². The fourth-order valence-corrected chi connectivity index (χ4v) is 3.93. The van der Waals surface area contributed by atoms with E-state index in [-0.39, 0.29) is 18.2 Å². The number of aromatic nitrogens is 2. The average Bonchev–Trinajstić information content (AvgIpc) is 2.85. The molecule has 1 aliphatic heterocycles. The van der Waals surface area contributed by atoms with Crippen LogP contribution in [-0.2, 0) is 14.8 Å². The Kier molecular flexibility index (Phi) is 4.77. The maximum Gasteiger partial charge on any atom is 0.246 e. The Morgan fingerprint density at radius 2 is 2.20 bits per heavy atom. The molecule has 1 aliphatic rings. The van der Waals surface area contributed by atoms with Gasteiger partial charge in [-0.1, -0.05) is 20.3 Å². The smallest absolute Gasteiger partial charge is 0.246 e. The van der Waals surface area contributed by atoms with Gasteiger partial charge in [0, 0.05) is 20.0 Å².